The number of nitrogens with one attached hydrogen (secondary N) is 1. The lowest BCUT2D eigenvalue weighted by Crippen LogP contribution is -2.52. The number of hydrogen-bond acceptors (Lipinski definition) is 4. The number of halogens is 1. The SMILES string of the molecule is Cc1cccc(N(CCCC(=O)N(Cc2ccc(Br)cc2)[C@@H](Cc2ccccc2)C(=O)NC2CCCCC2)S(C)(=O)=O)c1C. The first kappa shape index (κ1) is 33.7. The lowest BCUT2D eigenvalue weighted by atomic mass is 9.94. The zero-order valence-electron chi connectivity index (χ0n) is 26.0. The van der Waals surface area contributed by atoms with E-state index in [0.717, 1.165) is 52.4 Å². The van der Waals surface area contributed by atoms with Crippen molar-refractivity contribution in [3.63, 3.8) is 0 Å². The second kappa shape index (κ2) is 15.7. The van der Waals surface area contributed by atoms with Gasteiger partial charge in [0.2, 0.25) is 21.8 Å². The Bertz CT molecular complexity index is 1510. The molecule has 44 heavy (non-hydrogen) atoms. The molecule has 0 spiro atoms. The van der Waals surface area contributed by atoms with E-state index < -0.39 is 16.1 Å². The number of aryl methyl sites for hydroxylation is 1. The maximum Gasteiger partial charge on any atom is 0.243 e. The normalized spacial score (nSPS) is 14.5. The molecule has 1 N–H and O–H groups in total. The van der Waals surface area contributed by atoms with E-state index in [0.29, 0.717) is 18.5 Å². The Morgan fingerprint density at radius 3 is 2.25 bits per heavy atom. The highest BCUT2D eigenvalue weighted by Gasteiger charge is 2.32. The van der Waals surface area contributed by atoms with Crippen molar-refractivity contribution in [2.45, 2.75) is 83.8 Å². The number of amides is 2. The quantitative estimate of drug-likeness (QED) is 0.218. The first-order chi connectivity index (χ1) is 21.0. The summed E-state index contributed by atoms with van der Waals surface area (Å²) < 4.78 is 28.0. The first-order valence-corrected chi connectivity index (χ1v) is 18.1. The molecular weight excluding hydrogens is 638 g/mol. The molecule has 3 aromatic rings. The zero-order valence-corrected chi connectivity index (χ0v) is 28.4. The number of nitrogens with zero attached hydrogens (tertiary/aromatic N) is 2. The molecule has 0 heterocycles. The number of rotatable bonds is 13. The van der Waals surface area contributed by atoms with Gasteiger partial charge in [-0.05, 0) is 73.6 Å². The van der Waals surface area contributed by atoms with Crippen LogP contribution in [0.2, 0.25) is 0 Å². The van der Waals surface area contributed by atoms with E-state index in [1.54, 1.807) is 11.0 Å². The van der Waals surface area contributed by atoms with Crippen LogP contribution in [0, 0.1) is 13.8 Å². The fraction of sp³-hybridized carbons (Fsp3) is 0.429. The summed E-state index contributed by atoms with van der Waals surface area (Å²) >= 11 is 3.49. The Hall–Kier alpha value is -3.17. The third-order valence-electron chi connectivity index (χ3n) is 8.49. The monoisotopic (exact) mass is 681 g/mol. The van der Waals surface area contributed by atoms with Crippen molar-refractivity contribution in [1.82, 2.24) is 10.2 Å². The van der Waals surface area contributed by atoms with Crippen LogP contribution in [0.3, 0.4) is 0 Å². The van der Waals surface area contributed by atoms with Crippen molar-refractivity contribution in [2.24, 2.45) is 0 Å². The molecule has 1 aliphatic carbocycles. The first-order valence-electron chi connectivity index (χ1n) is 15.4. The molecule has 1 atom stereocenters. The Kier molecular flexibility index (Phi) is 12.0. The van der Waals surface area contributed by atoms with Gasteiger partial charge in [0.05, 0.1) is 11.9 Å². The second-order valence-corrected chi connectivity index (χ2v) is 14.7. The number of carbonyl (C=O) groups excluding carboxylic acids is 2. The van der Waals surface area contributed by atoms with E-state index in [-0.39, 0.29) is 37.4 Å². The van der Waals surface area contributed by atoms with Gasteiger partial charge < -0.3 is 10.2 Å². The average Bonchev–Trinajstić information content (AvgIpc) is 3.00. The molecular formula is C35H44BrN3O4S. The van der Waals surface area contributed by atoms with Gasteiger partial charge in [-0.3, -0.25) is 13.9 Å². The summed E-state index contributed by atoms with van der Waals surface area (Å²) in [6, 6.07) is 22.6. The Morgan fingerprint density at radius 1 is 0.909 bits per heavy atom. The molecule has 0 aromatic heterocycles. The van der Waals surface area contributed by atoms with Crippen LogP contribution in [0.4, 0.5) is 5.69 Å². The van der Waals surface area contributed by atoms with E-state index in [4.69, 9.17) is 0 Å². The summed E-state index contributed by atoms with van der Waals surface area (Å²) in [6.45, 7) is 4.30. The van der Waals surface area contributed by atoms with Crippen LogP contribution < -0.4 is 9.62 Å². The Labute approximate surface area is 271 Å². The summed E-state index contributed by atoms with van der Waals surface area (Å²) in [7, 11) is -3.58. The van der Waals surface area contributed by atoms with E-state index in [9.17, 15) is 18.0 Å². The summed E-state index contributed by atoms with van der Waals surface area (Å²) in [6.07, 6.45) is 7.27. The smallest absolute Gasteiger partial charge is 0.243 e. The highest BCUT2D eigenvalue weighted by atomic mass is 79.9. The topological polar surface area (TPSA) is 86.8 Å². The van der Waals surface area contributed by atoms with Gasteiger partial charge in [0, 0.05) is 36.4 Å². The van der Waals surface area contributed by atoms with Crippen LogP contribution in [-0.2, 0) is 32.6 Å². The molecule has 0 bridgehead atoms. The maximum atomic E-state index is 14.1. The molecule has 0 unspecified atom stereocenters. The van der Waals surface area contributed by atoms with Gasteiger partial charge in [-0.2, -0.15) is 0 Å². The third-order valence-corrected chi connectivity index (χ3v) is 10.2. The predicted octanol–water partition coefficient (Wildman–Crippen LogP) is 6.70. The largest absolute Gasteiger partial charge is 0.352 e. The number of anilines is 1. The van der Waals surface area contributed by atoms with E-state index in [1.165, 1.54) is 17.0 Å². The summed E-state index contributed by atoms with van der Waals surface area (Å²) in [5.74, 6) is -0.318. The number of hydrogen-bond donors (Lipinski definition) is 1. The average molecular weight is 683 g/mol. The van der Waals surface area contributed by atoms with Gasteiger partial charge in [0.25, 0.3) is 0 Å². The predicted molar refractivity (Wildman–Crippen MR) is 181 cm³/mol. The highest BCUT2D eigenvalue weighted by Crippen LogP contribution is 2.26. The lowest BCUT2D eigenvalue weighted by Gasteiger charge is -2.34. The van der Waals surface area contributed by atoms with Gasteiger partial charge in [-0.1, -0.05) is 89.8 Å². The van der Waals surface area contributed by atoms with Crippen molar-refractivity contribution in [1.29, 1.82) is 0 Å². The van der Waals surface area contributed by atoms with Crippen LogP contribution >= 0.6 is 15.9 Å². The molecule has 4 rings (SSSR count). The van der Waals surface area contributed by atoms with Gasteiger partial charge in [0.15, 0.2) is 0 Å². The van der Waals surface area contributed by atoms with Gasteiger partial charge in [0.1, 0.15) is 6.04 Å². The minimum absolute atomic E-state index is 0.107. The van der Waals surface area contributed by atoms with Crippen LogP contribution in [0.5, 0.6) is 0 Å². The molecule has 236 valence electrons. The molecule has 9 heteroatoms. The highest BCUT2D eigenvalue weighted by molar-refractivity contribution is 9.10. The van der Waals surface area contributed by atoms with Crippen molar-refractivity contribution in [3.05, 3.63) is 99.5 Å². The van der Waals surface area contributed by atoms with Crippen molar-refractivity contribution >= 4 is 43.5 Å². The molecule has 7 nitrogen and oxygen atoms in total. The van der Waals surface area contributed by atoms with Crippen LogP contribution in [-0.4, -0.2) is 50.0 Å². The Balaban J connectivity index is 1.60. The molecule has 2 amide bonds. The van der Waals surface area contributed by atoms with E-state index >= 15 is 0 Å². The van der Waals surface area contributed by atoms with Crippen LogP contribution in [0.25, 0.3) is 0 Å². The van der Waals surface area contributed by atoms with Crippen LogP contribution in [0.15, 0.2) is 77.3 Å². The lowest BCUT2D eigenvalue weighted by molar-refractivity contribution is -0.141. The fourth-order valence-corrected chi connectivity index (χ4v) is 7.15. The van der Waals surface area contributed by atoms with Crippen molar-refractivity contribution in [2.75, 3.05) is 17.1 Å². The minimum atomic E-state index is -3.58. The summed E-state index contributed by atoms with van der Waals surface area (Å²) in [5, 5.41) is 3.27. The third kappa shape index (κ3) is 9.41. The number of benzene rings is 3. The number of sulfonamides is 1. The molecule has 1 fully saturated rings. The minimum Gasteiger partial charge on any atom is -0.352 e. The molecule has 1 saturated carbocycles. The van der Waals surface area contributed by atoms with Gasteiger partial charge in [-0.25, -0.2) is 8.42 Å². The Morgan fingerprint density at radius 2 is 1.59 bits per heavy atom. The molecule has 0 saturated heterocycles. The van der Waals surface area contributed by atoms with Gasteiger partial charge >= 0.3 is 0 Å². The number of carbonyl (C=O) groups is 2. The van der Waals surface area contributed by atoms with Crippen molar-refractivity contribution in [3.8, 4) is 0 Å². The van der Waals surface area contributed by atoms with Gasteiger partial charge in [-0.15, -0.1) is 0 Å². The fourth-order valence-electron chi connectivity index (χ4n) is 5.87. The standard InChI is InChI=1S/C35H44BrN3O4S/c1-26-12-10-17-32(27(26)2)39(44(3,42)43)23-11-18-34(40)38(25-29-19-21-30(36)22-20-29)33(24-28-13-6-4-7-14-28)35(41)37-31-15-8-5-9-16-31/h4,6-7,10,12-14,17,19-22,31,33H,5,8-9,11,15-16,18,23-25H2,1-3H3,(H,37,41)/t33-/m0/s1. The van der Waals surface area contributed by atoms with E-state index in [2.05, 4.69) is 21.2 Å². The molecule has 0 radical (unpaired) electrons. The zero-order chi connectivity index (χ0) is 31.7. The molecule has 1 aliphatic rings. The van der Waals surface area contributed by atoms with Crippen molar-refractivity contribution < 1.29 is 18.0 Å². The summed E-state index contributed by atoms with van der Waals surface area (Å²) in [5.41, 5.74) is 4.41. The van der Waals surface area contributed by atoms with Crippen LogP contribution in [0.1, 0.15) is 67.2 Å². The maximum absolute atomic E-state index is 14.1. The molecule has 0 aliphatic heterocycles. The second-order valence-electron chi connectivity index (χ2n) is 11.9. The summed E-state index contributed by atoms with van der Waals surface area (Å²) in [4.78, 5) is 29.8. The molecule has 3 aromatic carbocycles. The van der Waals surface area contributed by atoms with E-state index in [1.807, 2.05) is 80.6 Å².